The highest BCUT2D eigenvalue weighted by Crippen LogP contribution is 2.29. The van der Waals surface area contributed by atoms with E-state index in [1.54, 1.807) is 30.3 Å². The smallest absolute Gasteiger partial charge is 0.342 e. The average Bonchev–Trinajstić information content (AvgIpc) is 2.70. The van der Waals surface area contributed by atoms with Gasteiger partial charge in [-0.1, -0.05) is 32.1 Å². The summed E-state index contributed by atoms with van der Waals surface area (Å²) in [6, 6.07) is 6.74. The third-order valence-corrected chi connectivity index (χ3v) is 4.17. The molecule has 1 N–H and O–H groups in total. The van der Waals surface area contributed by atoms with Crippen LogP contribution >= 0.6 is 15.9 Å². The number of allylic oxidation sites excluding steroid dienone is 1. The van der Waals surface area contributed by atoms with Gasteiger partial charge in [-0.05, 0) is 39.9 Å². The maximum Gasteiger partial charge on any atom is 0.342 e. The fraction of sp³-hybridized carbons (Fsp3) is 0.312. The van der Waals surface area contributed by atoms with Crippen molar-refractivity contribution in [2.45, 2.75) is 20.3 Å². The number of amides is 2. The molecule has 2 rings (SSSR count). The number of carbonyl (C=O) groups excluding carboxylic acids is 2. The van der Waals surface area contributed by atoms with Crippen molar-refractivity contribution in [1.29, 1.82) is 0 Å². The molecular weight excluding hydrogens is 350 g/mol. The maximum absolute atomic E-state index is 12.3. The number of hydrogen-bond acceptors (Lipinski definition) is 3. The highest BCUT2D eigenvalue weighted by molar-refractivity contribution is 9.12. The van der Waals surface area contributed by atoms with Gasteiger partial charge < -0.3 is 5.11 Å². The predicted molar refractivity (Wildman–Crippen MR) is 84.9 cm³/mol. The second kappa shape index (κ2) is 6.04. The van der Waals surface area contributed by atoms with Crippen LogP contribution < -0.4 is 0 Å². The van der Waals surface area contributed by atoms with Crippen LogP contribution in [0.5, 0.6) is 0 Å². The fourth-order valence-corrected chi connectivity index (χ4v) is 2.49. The molecule has 0 radical (unpaired) electrons. The highest BCUT2D eigenvalue weighted by Gasteiger charge is 2.37. The lowest BCUT2D eigenvalue weighted by molar-refractivity contribution is -0.131. The second-order valence-corrected chi connectivity index (χ2v) is 6.82. The Kier molecular flexibility index (Phi) is 4.51. The highest BCUT2D eigenvalue weighted by atomic mass is 79.9. The Balaban J connectivity index is 2.14. The van der Waals surface area contributed by atoms with Crippen LogP contribution in [0.25, 0.3) is 0 Å². The van der Waals surface area contributed by atoms with Gasteiger partial charge in [0.15, 0.2) is 0 Å². The topological polar surface area (TPSA) is 74.7 Å². The van der Waals surface area contributed by atoms with E-state index < -0.39 is 11.4 Å². The summed E-state index contributed by atoms with van der Waals surface area (Å²) >= 11 is 2.97. The van der Waals surface area contributed by atoms with E-state index in [1.165, 1.54) is 4.90 Å². The van der Waals surface area contributed by atoms with Crippen LogP contribution in [-0.4, -0.2) is 34.3 Å². The number of carboxylic acid groups (broad SMARTS) is 1. The quantitative estimate of drug-likeness (QED) is 0.642. The summed E-state index contributed by atoms with van der Waals surface area (Å²) in [4.78, 5) is 36.6. The lowest BCUT2D eigenvalue weighted by atomic mass is 9.88. The minimum Gasteiger partial charge on any atom is -0.477 e. The summed E-state index contributed by atoms with van der Waals surface area (Å²) < 4.78 is 0.0722. The van der Waals surface area contributed by atoms with Gasteiger partial charge in [0, 0.05) is 6.54 Å². The van der Waals surface area contributed by atoms with E-state index in [-0.39, 0.29) is 22.8 Å². The van der Waals surface area contributed by atoms with Gasteiger partial charge in [-0.2, -0.15) is 0 Å². The fourth-order valence-electron chi connectivity index (χ4n) is 2.33. The molecule has 22 heavy (non-hydrogen) atoms. The zero-order valence-corrected chi connectivity index (χ0v) is 13.9. The Bertz CT molecular complexity index is 643. The minimum absolute atomic E-state index is 0.0722. The number of fused-ring (bicyclic) bond motifs is 1. The number of benzene rings is 1. The molecule has 5 nitrogen and oxygen atoms in total. The van der Waals surface area contributed by atoms with Gasteiger partial charge in [0.2, 0.25) is 0 Å². The van der Waals surface area contributed by atoms with Gasteiger partial charge in [0.25, 0.3) is 11.8 Å². The Hall–Kier alpha value is -1.95. The largest absolute Gasteiger partial charge is 0.477 e. The summed E-state index contributed by atoms with van der Waals surface area (Å²) in [5, 5.41) is 8.83. The molecule has 0 aliphatic carbocycles. The zero-order valence-electron chi connectivity index (χ0n) is 12.3. The monoisotopic (exact) mass is 365 g/mol. The molecule has 0 fully saturated rings. The number of carboxylic acids is 1. The molecule has 1 heterocycles. The Morgan fingerprint density at radius 2 is 1.73 bits per heavy atom. The van der Waals surface area contributed by atoms with Crippen LogP contribution in [0.1, 0.15) is 41.0 Å². The van der Waals surface area contributed by atoms with E-state index in [0.717, 1.165) is 0 Å². The van der Waals surface area contributed by atoms with E-state index in [4.69, 9.17) is 5.11 Å². The van der Waals surface area contributed by atoms with Gasteiger partial charge in [-0.15, -0.1) is 0 Å². The van der Waals surface area contributed by atoms with Crippen LogP contribution in [0.3, 0.4) is 0 Å². The standard InChI is InChI=1S/C16H16BrNO4/c1-16(2,8-7-12(17)15(21)22)9-18-13(19)10-5-3-4-6-11(10)14(18)20/h3-7H,8-9H2,1-2H3,(H,21,22)/b12-7-. The van der Waals surface area contributed by atoms with Crippen molar-refractivity contribution in [3.63, 3.8) is 0 Å². The first-order valence-electron chi connectivity index (χ1n) is 6.77. The van der Waals surface area contributed by atoms with E-state index >= 15 is 0 Å². The molecule has 0 aromatic heterocycles. The first-order chi connectivity index (χ1) is 10.2. The Morgan fingerprint density at radius 1 is 1.23 bits per heavy atom. The minimum atomic E-state index is -1.04. The number of nitrogens with zero attached hydrogens (tertiary/aromatic N) is 1. The lowest BCUT2D eigenvalue weighted by Gasteiger charge is -2.28. The van der Waals surface area contributed by atoms with Crippen molar-refractivity contribution in [2.24, 2.45) is 5.41 Å². The number of imide groups is 1. The van der Waals surface area contributed by atoms with Gasteiger partial charge in [-0.25, -0.2) is 4.79 Å². The molecule has 6 heteroatoms. The molecule has 1 aromatic carbocycles. The van der Waals surface area contributed by atoms with Gasteiger partial charge in [-0.3, -0.25) is 14.5 Å². The van der Waals surface area contributed by atoms with Crippen LogP contribution in [0.15, 0.2) is 34.8 Å². The Morgan fingerprint density at radius 3 is 2.18 bits per heavy atom. The molecule has 2 amide bonds. The van der Waals surface area contributed by atoms with E-state index in [9.17, 15) is 14.4 Å². The van der Waals surface area contributed by atoms with Crippen LogP contribution in [0.4, 0.5) is 0 Å². The molecule has 1 aliphatic rings. The molecule has 1 aromatic rings. The van der Waals surface area contributed by atoms with Gasteiger partial charge >= 0.3 is 5.97 Å². The van der Waals surface area contributed by atoms with Crippen molar-refractivity contribution in [1.82, 2.24) is 4.90 Å². The third kappa shape index (κ3) is 3.27. The molecule has 0 saturated carbocycles. The van der Waals surface area contributed by atoms with E-state index in [1.807, 2.05) is 13.8 Å². The van der Waals surface area contributed by atoms with Crippen LogP contribution in [-0.2, 0) is 4.79 Å². The summed E-state index contributed by atoms with van der Waals surface area (Å²) in [5.41, 5.74) is 0.415. The molecular formula is C16H16BrNO4. The van der Waals surface area contributed by atoms with Gasteiger partial charge in [0.05, 0.1) is 15.6 Å². The first kappa shape index (κ1) is 16.4. The van der Waals surface area contributed by atoms with Crippen LogP contribution in [0.2, 0.25) is 0 Å². The summed E-state index contributed by atoms with van der Waals surface area (Å²) in [5.74, 6) is -1.64. The molecule has 1 aliphatic heterocycles. The number of hydrogen-bond donors (Lipinski definition) is 1. The normalized spacial score (nSPS) is 15.2. The summed E-state index contributed by atoms with van der Waals surface area (Å²) in [7, 11) is 0. The first-order valence-corrected chi connectivity index (χ1v) is 7.56. The predicted octanol–water partition coefficient (Wildman–Crippen LogP) is 3.06. The Labute approximate surface area is 136 Å². The number of halogens is 1. The zero-order chi connectivity index (χ0) is 16.5. The van der Waals surface area contributed by atoms with Crippen molar-refractivity contribution in [3.8, 4) is 0 Å². The third-order valence-electron chi connectivity index (χ3n) is 3.50. The van der Waals surface area contributed by atoms with Crippen molar-refractivity contribution in [3.05, 3.63) is 46.0 Å². The number of aliphatic carboxylic acids is 1. The molecule has 0 unspecified atom stereocenters. The second-order valence-electron chi connectivity index (χ2n) is 5.97. The van der Waals surface area contributed by atoms with E-state index in [2.05, 4.69) is 15.9 Å². The lowest BCUT2D eigenvalue weighted by Crippen LogP contribution is -2.38. The molecule has 0 atom stereocenters. The summed E-state index contributed by atoms with van der Waals surface area (Å²) in [6.45, 7) is 4.00. The summed E-state index contributed by atoms with van der Waals surface area (Å²) in [6.07, 6.45) is 1.97. The average molecular weight is 366 g/mol. The molecule has 116 valence electrons. The van der Waals surface area contributed by atoms with Crippen molar-refractivity contribution >= 4 is 33.7 Å². The van der Waals surface area contributed by atoms with Crippen molar-refractivity contribution in [2.75, 3.05) is 6.54 Å². The molecule has 0 saturated heterocycles. The van der Waals surface area contributed by atoms with Gasteiger partial charge in [0.1, 0.15) is 0 Å². The van der Waals surface area contributed by atoms with Crippen molar-refractivity contribution < 1.29 is 19.5 Å². The molecule has 0 spiro atoms. The van der Waals surface area contributed by atoms with Crippen LogP contribution in [0, 0.1) is 5.41 Å². The molecule has 0 bridgehead atoms. The number of rotatable bonds is 5. The maximum atomic E-state index is 12.3. The van der Waals surface area contributed by atoms with E-state index in [0.29, 0.717) is 17.5 Å². The number of carbonyl (C=O) groups is 3. The SMILES string of the molecule is CC(C)(C/C=C(\Br)C(=O)O)CN1C(=O)c2ccccc2C1=O.